The van der Waals surface area contributed by atoms with Gasteiger partial charge in [-0.25, -0.2) is 0 Å². The van der Waals surface area contributed by atoms with Crippen LogP contribution in [0.5, 0.6) is 5.75 Å². The number of hydrogen-bond acceptors (Lipinski definition) is 5. The lowest BCUT2D eigenvalue weighted by Gasteiger charge is -2.33. The number of amides is 1. The van der Waals surface area contributed by atoms with E-state index in [-0.39, 0.29) is 18.0 Å². The van der Waals surface area contributed by atoms with Gasteiger partial charge in [0.15, 0.2) is 5.75 Å². The van der Waals surface area contributed by atoms with Gasteiger partial charge in [0.2, 0.25) is 11.3 Å². The van der Waals surface area contributed by atoms with Crippen molar-refractivity contribution in [1.29, 1.82) is 0 Å². The van der Waals surface area contributed by atoms with Gasteiger partial charge in [0.25, 0.3) is 5.43 Å². The summed E-state index contributed by atoms with van der Waals surface area (Å²) < 4.78 is 0. The van der Waals surface area contributed by atoms with Crippen molar-refractivity contribution in [3.8, 4) is 5.75 Å². The zero-order chi connectivity index (χ0) is 18.5. The quantitative estimate of drug-likeness (QED) is 0.816. The summed E-state index contributed by atoms with van der Waals surface area (Å²) in [4.78, 5) is 36.5. The summed E-state index contributed by atoms with van der Waals surface area (Å²) in [6.45, 7) is 6.05. The molecule has 2 aromatic carbocycles. The van der Waals surface area contributed by atoms with Crippen molar-refractivity contribution in [2.24, 2.45) is 11.7 Å². The largest absolute Gasteiger partial charge is 0.504 e. The third-order valence-corrected chi connectivity index (χ3v) is 5.25. The fraction of sp³-hybridized carbons (Fsp3) is 0.316. The first-order chi connectivity index (χ1) is 11.7. The van der Waals surface area contributed by atoms with Gasteiger partial charge in [-0.15, -0.1) is 0 Å². The van der Waals surface area contributed by atoms with Crippen molar-refractivity contribution in [1.82, 2.24) is 0 Å². The molecule has 6 nitrogen and oxygen atoms in total. The summed E-state index contributed by atoms with van der Waals surface area (Å²) >= 11 is 0. The Labute approximate surface area is 144 Å². The fourth-order valence-corrected chi connectivity index (χ4v) is 3.52. The molecule has 1 heterocycles. The first-order valence-corrected chi connectivity index (χ1v) is 8.09. The van der Waals surface area contributed by atoms with Crippen LogP contribution >= 0.6 is 0 Å². The van der Waals surface area contributed by atoms with Gasteiger partial charge in [0, 0.05) is 16.8 Å². The van der Waals surface area contributed by atoms with Crippen LogP contribution in [0.2, 0.25) is 0 Å². The molecule has 130 valence electrons. The molecule has 0 radical (unpaired) electrons. The fourth-order valence-electron chi connectivity index (χ4n) is 3.52. The normalized spacial score (nSPS) is 21.3. The minimum Gasteiger partial charge on any atom is -0.504 e. The lowest BCUT2D eigenvalue weighted by Crippen LogP contribution is -2.38. The van der Waals surface area contributed by atoms with E-state index in [0.29, 0.717) is 5.70 Å². The Morgan fingerprint density at radius 2 is 1.92 bits per heavy atom. The van der Waals surface area contributed by atoms with Crippen molar-refractivity contribution in [3.05, 3.63) is 61.5 Å². The maximum Gasteiger partial charge on any atom is 0.268 e. The van der Waals surface area contributed by atoms with Crippen molar-refractivity contribution in [3.63, 3.8) is 0 Å². The molecule has 1 atom stereocenters. The SMILES string of the molecule is CC(C)C1(C)/C(=C/c2c(O)c(=O)c2=O)N(CC(N)=O)c2ccccc21. The number of para-hydroxylation sites is 1. The number of fused-ring (bicyclic) bond motifs is 1. The molecule has 0 aliphatic carbocycles. The van der Waals surface area contributed by atoms with Crippen LogP contribution < -0.4 is 21.5 Å². The Kier molecular flexibility index (Phi) is 3.78. The highest BCUT2D eigenvalue weighted by Crippen LogP contribution is 2.52. The van der Waals surface area contributed by atoms with E-state index in [2.05, 4.69) is 0 Å². The van der Waals surface area contributed by atoms with E-state index in [1.807, 2.05) is 45.0 Å². The molecular formula is C19H20N2O4. The number of benzene rings is 1. The van der Waals surface area contributed by atoms with Crippen LogP contribution in [-0.4, -0.2) is 17.6 Å². The van der Waals surface area contributed by atoms with Crippen LogP contribution in [0.1, 0.15) is 31.9 Å². The lowest BCUT2D eigenvalue weighted by atomic mass is 9.72. The molecule has 6 heteroatoms. The molecule has 3 N–H and O–H groups in total. The first kappa shape index (κ1) is 17.0. The number of hydrogen-bond donors (Lipinski definition) is 2. The second kappa shape index (κ2) is 5.58. The molecule has 1 amide bonds. The van der Waals surface area contributed by atoms with Crippen molar-refractivity contribution >= 4 is 17.7 Å². The van der Waals surface area contributed by atoms with E-state index in [1.165, 1.54) is 6.08 Å². The average molecular weight is 340 g/mol. The number of aromatic hydroxyl groups is 1. The van der Waals surface area contributed by atoms with Crippen LogP contribution in [-0.2, 0) is 10.2 Å². The van der Waals surface area contributed by atoms with Crippen LogP contribution in [0.4, 0.5) is 5.69 Å². The van der Waals surface area contributed by atoms with Gasteiger partial charge in [-0.2, -0.15) is 0 Å². The summed E-state index contributed by atoms with van der Waals surface area (Å²) in [6.07, 6.45) is 1.52. The van der Waals surface area contributed by atoms with Crippen molar-refractivity contribution < 1.29 is 9.90 Å². The van der Waals surface area contributed by atoms with Crippen molar-refractivity contribution in [2.75, 3.05) is 11.4 Å². The minimum absolute atomic E-state index is 0.0193. The zero-order valence-corrected chi connectivity index (χ0v) is 14.4. The highest BCUT2D eigenvalue weighted by molar-refractivity contribution is 5.86. The third kappa shape index (κ3) is 2.28. The van der Waals surface area contributed by atoms with Gasteiger partial charge in [0.1, 0.15) is 6.54 Å². The highest BCUT2D eigenvalue weighted by atomic mass is 16.3. The van der Waals surface area contributed by atoms with Crippen LogP contribution in [0.15, 0.2) is 39.6 Å². The van der Waals surface area contributed by atoms with E-state index in [4.69, 9.17) is 5.73 Å². The van der Waals surface area contributed by atoms with E-state index < -0.39 is 27.9 Å². The molecule has 2 aromatic rings. The molecule has 0 aromatic heterocycles. The van der Waals surface area contributed by atoms with Crippen molar-refractivity contribution in [2.45, 2.75) is 26.2 Å². The van der Waals surface area contributed by atoms with E-state index in [9.17, 15) is 19.5 Å². The van der Waals surface area contributed by atoms with E-state index in [1.54, 1.807) is 4.90 Å². The van der Waals surface area contributed by atoms with Gasteiger partial charge >= 0.3 is 0 Å². The summed E-state index contributed by atoms with van der Waals surface area (Å²) in [6, 6.07) is 7.65. The first-order valence-electron chi connectivity index (χ1n) is 8.09. The predicted molar refractivity (Wildman–Crippen MR) is 96.2 cm³/mol. The number of carbonyl (C=O) groups is 1. The number of nitrogens with zero attached hydrogens (tertiary/aromatic N) is 1. The number of nitrogens with two attached hydrogens (primary N) is 1. The molecule has 0 fully saturated rings. The molecule has 1 aliphatic rings. The summed E-state index contributed by atoms with van der Waals surface area (Å²) in [5, 5.41) is 9.76. The molecule has 25 heavy (non-hydrogen) atoms. The number of primary amides is 1. The van der Waals surface area contributed by atoms with Gasteiger partial charge in [-0.1, -0.05) is 32.0 Å². The van der Waals surface area contributed by atoms with Crippen LogP contribution in [0.25, 0.3) is 6.08 Å². The maximum atomic E-state index is 11.8. The van der Waals surface area contributed by atoms with E-state index in [0.717, 1.165) is 11.3 Å². The average Bonchev–Trinajstić information content (AvgIpc) is 2.81. The Morgan fingerprint density at radius 1 is 1.28 bits per heavy atom. The summed E-state index contributed by atoms with van der Waals surface area (Å²) in [7, 11) is 0. The third-order valence-electron chi connectivity index (χ3n) is 5.25. The Morgan fingerprint density at radius 3 is 2.48 bits per heavy atom. The summed E-state index contributed by atoms with van der Waals surface area (Å²) in [5.74, 6) is -0.909. The monoisotopic (exact) mass is 340 g/mol. The standard InChI is InChI=1S/C19H20N2O4/c1-10(2)19(3)12-6-4-5-7-13(12)21(9-15(20)22)14(19)8-11-16(23)18(25)17(11)24/h4-8,10,23H,9H2,1-3H3,(H2,20,22)/b14-8-. The Hall–Kier alpha value is -2.89. The lowest BCUT2D eigenvalue weighted by molar-refractivity contribution is -0.116. The number of rotatable bonds is 4. The molecule has 1 aliphatic heterocycles. The minimum atomic E-state index is -0.880. The van der Waals surface area contributed by atoms with Gasteiger partial charge in [0.05, 0.1) is 5.56 Å². The molecule has 0 saturated heterocycles. The maximum absolute atomic E-state index is 11.8. The van der Waals surface area contributed by atoms with Crippen LogP contribution in [0.3, 0.4) is 0 Å². The number of anilines is 1. The number of carbonyl (C=O) groups excluding carboxylic acids is 1. The molecule has 0 spiro atoms. The Balaban J connectivity index is 2.28. The molecule has 0 bridgehead atoms. The van der Waals surface area contributed by atoms with Crippen LogP contribution in [0, 0.1) is 5.92 Å². The smallest absolute Gasteiger partial charge is 0.268 e. The predicted octanol–water partition coefficient (Wildman–Crippen LogP) is 1.25. The topological polar surface area (TPSA) is 101 Å². The Bertz CT molecular complexity index is 966. The molecule has 1 unspecified atom stereocenters. The second-order valence-electron chi connectivity index (χ2n) is 6.88. The molecule has 3 rings (SSSR count). The molecule has 0 saturated carbocycles. The van der Waals surface area contributed by atoms with Gasteiger partial charge in [-0.05, 0) is 30.5 Å². The number of allylic oxidation sites excluding steroid dienone is 1. The second-order valence-corrected chi connectivity index (χ2v) is 6.88. The van der Waals surface area contributed by atoms with E-state index >= 15 is 0 Å². The summed E-state index contributed by atoms with van der Waals surface area (Å²) in [5.41, 5.74) is 5.82. The highest BCUT2D eigenvalue weighted by Gasteiger charge is 2.46. The van der Waals surface area contributed by atoms with Gasteiger partial charge < -0.3 is 15.7 Å². The van der Waals surface area contributed by atoms with Gasteiger partial charge in [-0.3, -0.25) is 14.4 Å². The molecular weight excluding hydrogens is 320 g/mol. The zero-order valence-electron chi connectivity index (χ0n) is 14.4.